The number of Topliss-reactive ketones (excluding diaryl/α,β-unsaturated/α-hetero) is 1. The van der Waals surface area contributed by atoms with E-state index in [-0.39, 0.29) is 23.2 Å². The molecule has 3 saturated carbocycles. The lowest BCUT2D eigenvalue weighted by Gasteiger charge is -2.59. The van der Waals surface area contributed by atoms with Crippen molar-refractivity contribution in [2.45, 2.75) is 83.5 Å². The summed E-state index contributed by atoms with van der Waals surface area (Å²) in [6, 6.07) is 0. The van der Waals surface area contributed by atoms with E-state index in [1.165, 1.54) is 0 Å². The Labute approximate surface area is 160 Å². The first-order chi connectivity index (χ1) is 11.9. The minimum atomic E-state index is -2.06. The van der Waals surface area contributed by atoms with Crippen molar-refractivity contribution >= 4 is 14.1 Å². The Morgan fingerprint density at radius 3 is 2.50 bits per heavy atom. The van der Waals surface area contributed by atoms with E-state index < -0.39 is 13.9 Å². The number of ether oxygens (including phenoxy) is 2. The maximum Gasteiger partial charge on any atom is 0.193 e. The van der Waals surface area contributed by atoms with Crippen LogP contribution < -0.4 is 0 Å². The van der Waals surface area contributed by atoms with Gasteiger partial charge in [-0.3, -0.25) is 4.79 Å². The van der Waals surface area contributed by atoms with E-state index >= 15 is 0 Å². The number of hydrogen-bond donors (Lipinski definition) is 0. The number of hydrogen-bond acceptors (Lipinski definition) is 4. The zero-order valence-electron chi connectivity index (χ0n) is 17.9. The van der Waals surface area contributed by atoms with Crippen molar-refractivity contribution < 1.29 is 18.7 Å². The zero-order chi connectivity index (χ0) is 19.8. The Bertz CT molecular complexity index is 551. The van der Waals surface area contributed by atoms with Crippen molar-refractivity contribution in [3.8, 4) is 0 Å². The molecule has 3 aliphatic rings. The summed E-state index contributed by atoms with van der Waals surface area (Å²) >= 11 is 0. The molecule has 0 aliphatic heterocycles. The summed E-state index contributed by atoms with van der Waals surface area (Å²) in [5.74, 6) is 0.316. The Morgan fingerprint density at radius 2 is 2.00 bits per heavy atom. The molecular weight excluding hydrogens is 344 g/mol. The van der Waals surface area contributed by atoms with Crippen LogP contribution in [0.4, 0.5) is 0 Å². The molecule has 0 amide bonds. The number of carbonyl (C=O) groups is 1. The van der Waals surface area contributed by atoms with Crippen LogP contribution in [0.15, 0.2) is 12.2 Å². The number of methoxy groups -OCH3 is 1. The first-order valence-corrected chi connectivity index (χ1v) is 12.8. The van der Waals surface area contributed by atoms with Crippen LogP contribution in [-0.4, -0.2) is 40.2 Å². The second-order valence-corrected chi connectivity index (χ2v) is 14.9. The molecule has 3 aliphatic carbocycles. The molecule has 26 heavy (non-hydrogen) atoms. The van der Waals surface area contributed by atoms with Crippen LogP contribution in [-0.2, 0) is 18.7 Å². The van der Waals surface area contributed by atoms with E-state index in [9.17, 15) is 4.79 Å². The van der Waals surface area contributed by atoms with Crippen LogP contribution in [0.5, 0.6) is 0 Å². The number of rotatable bonds is 8. The van der Waals surface area contributed by atoms with Crippen molar-refractivity contribution in [2.75, 3.05) is 20.5 Å². The molecule has 0 spiro atoms. The van der Waals surface area contributed by atoms with Gasteiger partial charge in [0.1, 0.15) is 12.6 Å². The van der Waals surface area contributed by atoms with Gasteiger partial charge in [0, 0.05) is 19.4 Å². The maximum absolute atomic E-state index is 12.9. The molecule has 150 valence electrons. The lowest BCUT2D eigenvalue weighted by molar-refractivity contribution is -0.152. The van der Waals surface area contributed by atoms with Gasteiger partial charge in [0.25, 0.3) is 0 Å². The van der Waals surface area contributed by atoms with E-state index in [1.807, 2.05) is 0 Å². The zero-order valence-corrected chi connectivity index (χ0v) is 18.9. The quantitative estimate of drug-likeness (QED) is 0.254. The first-order valence-electron chi connectivity index (χ1n) is 9.85. The monoisotopic (exact) mass is 382 g/mol. The largest absolute Gasteiger partial charge is 0.407 e. The summed E-state index contributed by atoms with van der Waals surface area (Å²) in [5.41, 5.74) is 0.536. The lowest BCUT2D eigenvalue weighted by Crippen LogP contribution is -2.62. The van der Waals surface area contributed by atoms with Crippen molar-refractivity contribution in [3.05, 3.63) is 12.2 Å². The van der Waals surface area contributed by atoms with Gasteiger partial charge in [-0.1, -0.05) is 34.3 Å². The highest BCUT2D eigenvalue weighted by Crippen LogP contribution is 2.59. The molecule has 0 heterocycles. The van der Waals surface area contributed by atoms with Crippen LogP contribution in [0.2, 0.25) is 18.1 Å². The van der Waals surface area contributed by atoms with Gasteiger partial charge in [0.2, 0.25) is 0 Å². The van der Waals surface area contributed by atoms with Gasteiger partial charge in [-0.05, 0) is 54.8 Å². The van der Waals surface area contributed by atoms with Crippen molar-refractivity contribution in [2.24, 2.45) is 11.3 Å². The van der Waals surface area contributed by atoms with E-state index in [4.69, 9.17) is 13.9 Å². The Kier molecular flexibility index (Phi) is 6.28. The van der Waals surface area contributed by atoms with Gasteiger partial charge in [0.15, 0.2) is 8.32 Å². The average Bonchev–Trinajstić information content (AvgIpc) is 2.48. The van der Waals surface area contributed by atoms with Crippen LogP contribution in [0.3, 0.4) is 0 Å². The molecule has 4 nitrogen and oxygen atoms in total. The summed E-state index contributed by atoms with van der Waals surface area (Å²) in [5, 5.41) is 0.0907. The topological polar surface area (TPSA) is 44.8 Å². The highest BCUT2D eigenvalue weighted by Gasteiger charge is 2.60. The molecule has 3 atom stereocenters. The molecule has 0 N–H and O–H groups in total. The van der Waals surface area contributed by atoms with Gasteiger partial charge >= 0.3 is 0 Å². The van der Waals surface area contributed by atoms with Crippen LogP contribution in [0.1, 0.15) is 59.8 Å². The maximum atomic E-state index is 12.9. The van der Waals surface area contributed by atoms with E-state index in [0.717, 1.165) is 24.8 Å². The Hall–Kier alpha value is -0.493. The minimum Gasteiger partial charge on any atom is -0.407 e. The van der Waals surface area contributed by atoms with Gasteiger partial charge in [0.05, 0.1) is 12.2 Å². The van der Waals surface area contributed by atoms with Crippen molar-refractivity contribution in [1.29, 1.82) is 0 Å². The van der Waals surface area contributed by atoms with Gasteiger partial charge in [-0.2, -0.15) is 0 Å². The number of ketones is 1. The molecule has 3 unspecified atom stereocenters. The molecule has 0 aromatic carbocycles. The summed E-state index contributed by atoms with van der Waals surface area (Å²) in [6.45, 7) is 18.8. The molecular formula is C21H38O4Si. The SMILES string of the molecule is C=C(CCOCOC)C1(O[Si](C)(C)C(C)(C)C)CC2(C)CCC1C(=O)C2. The summed E-state index contributed by atoms with van der Waals surface area (Å²) in [7, 11) is -0.439. The van der Waals surface area contributed by atoms with E-state index in [0.29, 0.717) is 25.2 Å². The Morgan fingerprint density at radius 1 is 1.35 bits per heavy atom. The predicted molar refractivity (Wildman–Crippen MR) is 108 cm³/mol. The fraction of sp³-hybridized carbons (Fsp3) is 0.857. The standard InChI is InChI=1S/C21H38O4Si/c1-16(10-12-24-15-23-6)21(25-26(7,8)19(2,3)4)14-20(5)11-9-17(21)18(22)13-20/h17H,1,9-15H2,2-8H3. The fourth-order valence-corrected chi connectivity index (χ4v) is 5.97. The predicted octanol–water partition coefficient (Wildman–Crippen LogP) is 5.09. The van der Waals surface area contributed by atoms with E-state index in [1.54, 1.807) is 7.11 Å². The lowest BCUT2D eigenvalue weighted by atomic mass is 9.53. The van der Waals surface area contributed by atoms with Gasteiger partial charge < -0.3 is 13.9 Å². The highest BCUT2D eigenvalue weighted by atomic mass is 28.4. The number of carbonyl (C=O) groups excluding carboxylic acids is 1. The molecule has 0 aromatic rings. The van der Waals surface area contributed by atoms with E-state index in [2.05, 4.69) is 47.4 Å². The average molecular weight is 383 g/mol. The molecule has 0 radical (unpaired) electrons. The second kappa shape index (κ2) is 7.49. The summed E-state index contributed by atoms with van der Waals surface area (Å²) in [4.78, 5) is 12.9. The van der Waals surface area contributed by atoms with Crippen LogP contribution in [0.25, 0.3) is 0 Å². The van der Waals surface area contributed by atoms with Crippen molar-refractivity contribution in [1.82, 2.24) is 0 Å². The van der Waals surface area contributed by atoms with Crippen LogP contribution in [0, 0.1) is 11.3 Å². The third-order valence-corrected chi connectivity index (χ3v) is 11.4. The molecule has 3 rings (SSSR count). The molecule has 3 fully saturated rings. The normalized spacial score (nSPS) is 32.1. The summed E-state index contributed by atoms with van der Waals surface area (Å²) < 4.78 is 17.5. The smallest absolute Gasteiger partial charge is 0.193 e. The molecule has 5 heteroatoms. The second-order valence-electron chi connectivity index (χ2n) is 10.1. The first kappa shape index (κ1) is 21.8. The highest BCUT2D eigenvalue weighted by molar-refractivity contribution is 6.74. The third kappa shape index (κ3) is 4.16. The van der Waals surface area contributed by atoms with Gasteiger partial charge in [-0.15, -0.1) is 0 Å². The van der Waals surface area contributed by atoms with Crippen LogP contribution >= 0.6 is 0 Å². The Balaban J connectivity index is 2.33. The fourth-order valence-electron chi connectivity index (χ4n) is 4.40. The number of fused-ring (bicyclic) bond motifs is 3. The minimum absolute atomic E-state index is 0.0323. The molecule has 0 aromatic heterocycles. The summed E-state index contributed by atoms with van der Waals surface area (Å²) in [6.07, 6.45) is 4.33. The molecule has 0 saturated heterocycles. The van der Waals surface area contributed by atoms with Gasteiger partial charge in [-0.25, -0.2) is 0 Å². The third-order valence-electron chi connectivity index (χ3n) is 6.87. The van der Waals surface area contributed by atoms with Crippen molar-refractivity contribution in [3.63, 3.8) is 0 Å². The molecule has 2 bridgehead atoms.